The molecule has 0 saturated heterocycles. The lowest BCUT2D eigenvalue weighted by Gasteiger charge is -2.30. The summed E-state index contributed by atoms with van der Waals surface area (Å²) in [6.07, 6.45) is 2.69. The van der Waals surface area contributed by atoms with E-state index in [4.69, 9.17) is 14.0 Å². The van der Waals surface area contributed by atoms with Crippen molar-refractivity contribution in [2.75, 3.05) is 6.54 Å². The normalized spacial score (nSPS) is 29.2. The van der Waals surface area contributed by atoms with Gasteiger partial charge in [0, 0.05) is 24.6 Å². The van der Waals surface area contributed by atoms with Crippen LogP contribution in [0, 0.1) is 0 Å². The Kier molecular flexibility index (Phi) is 4.21. The maximum atomic E-state index is 12.6. The summed E-state index contributed by atoms with van der Waals surface area (Å²) in [5.74, 6) is 0.357. The van der Waals surface area contributed by atoms with Gasteiger partial charge in [-0.2, -0.15) is 13.5 Å². The van der Waals surface area contributed by atoms with Crippen LogP contribution in [-0.2, 0) is 27.7 Å². The van der Waals surface area contributed by atoms with Crippen LogP contribution in [0.2, 0.25) is 0 Å². The number of carbonyl (C=O) groups excluding carboxylic acids is 1. The molecule has 3 unspecified atom stereocenters. The van der Waals surface area contributed by atoms with Gasteiger partial charge in [-0.3, -0.25) is 0 Å². The molecule has 1 saturated carbocycles. The summed E-state index contributed by atoms with van der Waals surface area (Å²) in [6.45, 7) is 7.95. The maximum Gasteiger partial charge on any atom is 0.410 e. The second kappa shape index (κ2) is 6.12. The zero-order chi connectivity index (χ0) is 19.6. The van der Waals surface area contributed by atoms with Gasteiger partial charge in [0.25, 0.3) is 0 Å². The minimum Gasteiger partial charge on any atom is -0.444 e. The van der Waals surface area contributed by atoms with Crippen LogP contribution in [0.5, 0.6) is 5.88 Å². The third kappa shape index (κ3) is 3.30. The van der Waals surface area contributed by atoms with Crippen molar-refractivity contribution >= 4 is 16.2 Å². The number of hydrogen-bond donors (Lipinski definition) is 0. The van der Waals surface area contributed by atoms with Crippen molar-refractivity contribution in [3.63, 3.8) is 0 Å². The van der Waals surface area contributed by atoms with Gasteiger partial charge in [0.15, 0.2) is 0 Å². The number of aromatic nitrogens is 2. The van der Waals surface area contributed by atoms with Gasteiger partial charge in [-0.15, -0.1) is 0 Å². The molecule has 1 aromatic rings. The van der Waals surface area contributed by atoms with Crippen molar-refractivity contribution < 1.29 is 22.1 Å². The van der Waals surface area contributed by atoms with Crippen molar-refractivity contribution in [1.82, 2.24) is 14.7 Å². The van der Waals surface area contributed by atoms with E-state index < -0.39 is 21.0 Å². The highest BCUT2D eigenvalue weighted by molar-refractivity contribution is 7.87. The molecule has 1 fully saturated rings. The second-order valence-electron chi connectivity index (χ2n) is 8.82. The largest absolute Gasteiger partial charge is 0.444 e. The molecular weight excluding hydrogens is 370 g/mol. The smallest absolute Gasteiger partial charge is 0.410 e. The van der Waals surface area contributed by atoms with E-state index in [0.29, 0.717) is 38.1 Å². The molecule has 0 N–H and O–H groups in total. The summed E-state index contributed by atoms with van der Waals surface area (Å²) in [5.41, 5.74) is 1.07. The predicted octanol–water partition coefficient (Wildman–Crippen LogP) is 2.42. The number of nitrogens with zero attached hydrogens (tertiary/aromatic N) is 3. The predicted molar refractivity (Wildman–Crippen MR) is 98.3 cm³/mol. The van der Waals surface area contributed by atoms with Gasteiger partial charge < -0.3 is 13.8 Å². The first kappa shape index (κ1) is 18.6. The summed E-state index contributed by atoms with van der Waals surface area (Å²) in [4.78, 5) is 14.2. The molecule has 1 amide bonds. The van der Waals surface area contributed by atoms with Crippen molar-refractivity contribution in [2.45, 2.75) is 82.7 Å². The molecule has 3 aliphatic rings. The Morgan fingerprint density at radius 2 is 2.04 bits per heavy atom. The van der Waals surface area contributed by atoms with E-state index in [9.17, 15) is 13.2 Å². The number of ether oxygens (including phenoxy) is 1. The van der Waals surface area contributed by atoms with E-state index in [2.05, 4.69) is 0 Å². The lowest BCUT2D eigenvalue weighted by Crippen LogP contribution is -2.43. The van der Waals surface area contributed by atoms with E-state index in [1.54, 1.807) is 9.58 Å². The maximum absolute atomic E-state index is 12.6. The average Bonchev–Trinajstić information content (AvgIpc) is 3.06. The fourth-order valence-electron chi connectivity index (χ4n) is 4.26. The molecule has 0 spiro atoms. The Morgan fingerprint density at radius 3 is 2.74 bits per heavy atom. The Labute approximate surface area is 159 Å². The van der Waals surface area contributed by atoms with E-state index in [1.165, 1.54) is 0 Å². The fourth-order valence-corrected chi connectivity index (χ4v) is 5.68. The van der Waals surface area contributed by atoms with Crippen LogP contribution < -0.4 is 4.18 Å². The molecule has 2 aliphatic heterocycles. The zero-order valence-electron chi connectivity index (χ0n) is 16.3. The summed E-state index contributed by atoms with van der Waals surface area (Å²) in [6, 6.07) is -0.0618. The minimum absolute atomic E-state index is 0.0754. The molecular formula is C18H27N3O5S. The van der Waals surface area contributed by atoms with Crippen LogP contribution in [0.3, 0.4) is 0 Å². The minimum atomic E-state index is -3.63. The van der Waals surface area contributed by atoms with Crippen LogP contribution in [0.15, 0.2) is 0 Å². The van der Waals surface area contributed by atoms with Gasteiger partial charge in [-0.1, -0.05) is 0 Å². The number of carbonyl (C=O) groups is 1. The van der Waals surface area contributed by atoms with E-state index in [1.807, 2.05) is 27.7 Å². The van der Waals surface area contributed by atoms with Crippen LogP contribution in [-0.4, -0.2) is 52.6 Å². The van der Waals surface area contributed by atoms with Gasteiger partial charge in [0.05, 0.1) is 17.0 Å². The molecule has 1 aliphatic carbocycles. The molecule has 1 aromatic heterocycles. The molecule has 9 heteroatoms. The highest BCUT2D eigenvalue weighted by Gasteiger charge is 2.44. The molecule has 27 heavy (non-hydrogen) atoms. The zero-order valence-corrected chi connectivity index (χ0v) is 17.1. The SMILES string of the molecule is CC1Cc2c(nn3c2OS(=O)(=O)C2CCC3C2)CCN1C(=O)OC(C)(C)C. The molecule has 150 valence electrons. The number of amides is 1. The summed E-state index contributed by atoms with van der Waals surface area (Å²) < 4.78 is 37.9. The first-order chi connectivity index (χ1) is 12.5. The van der Waals surface area contributed by atoms with Gasteiger partial charge in [-0.25, -0.2) is 9.48 Å². The van der Waals surface area contributed by atoms with E-state index >= 15 is 0 Å². The van der Waals surface area contributed by atoms with E-state index in [0.717, 1.165) is 17.7 Å². The first-order valence-electron chi connectivity index (χ1n) is 9.58. The molecule has 0 aromatic carbocycles. The van der Waals surface area contributed by atoms with Crippen LogP contribution >= 0.6 is 0 Å². The van der Waals surface area contributed by atoms with Crippen LogP contribution in [0.1, 0.15) is 64.3 Å². The number of rotatable bonds is 0. The standard InChI is InChI=1S/C18H27N3O5S/c1-11-9-14-15(7-8-20(11)17(22)25-18(2,3)4)19-21-12-5-6-13(10-12)27(23,24)26-16(14)21/h11-13H,5-10H2,1-4H3. The Hall–Kier alpha value is -1.77. The van der Waals surface area contributed by atoms with Crippen molar-refractivity contribution in [2.24, 2.45) is 0 Å². The molecule has 3 atom stereocenters. The molecule has 2 bridgehead atoms. The Bertz CT molecular complexity index is 870. The van der Waals surface area contributed by atoms with Crippen LogP contribution in [0.4, 0.5) is 4.79 Å². The topological polar surface area (TPSA) is 90.7 Å². The second-order valence-corrected chi connectivity index (χ2v) is 10.6. The lowest BCUT2D eigenvalue weighted by atomic mass is 10.1. The number of hydrogen-bond acceptors (Lipinski definition) is 6. The summed E-state index contributed by atoms with van der Waals surface area (Å²) >= 11 is 0. The van der Waals surface area contributed by atoms with Crippen LogP contribution in [0.25, 0.3) is 0 Å². The van der Waals surface area contributed by atoms with Crippen molar-refractivity contribution in [1.29, 1.82) is 0 Å². The Balaban J connectivity index is 1.64. The van der Waals surface area contributed by atoms with Gasteiger partial charge in [-0.05, 0) is 53.4 Å². The lowest BCUT2D eigenvalue weighted by molar-refractivity contribution is 0.0184. The van der Waals surface area contributed by atoms with Gasteiger partial charge in [0.2, 0.25) is 5.88 Å². The van der Waals surface area contributed by atoms with Crippen molar-refractivity contribution in [3.05, 3.63) is 11.3 Å². The molecule has 4 rings (SSSR count). The molecule has 3 heterocycles. The van der Waals surface area contributed by atoms with Crippen molar-refractivity contribution in [3.8, 4) is 5.88 Å². The highest BCUT2D eigenvalue weighted by Crippen LogP contribution is 2.43. The summed E-state index contributed by atoms with van der Waals surface area (Å²) in [7, 11) is -3.63. The van der Waals surface area contributed by atoms with E-state index in [-0.39, 0.29) is 18.2 Å². The fraction of sp³-hybridized carbons (Fsp3) is 0.778. The quantitative estimate of drug-likeness (QED) is 0.625. The first-order valence-corrected chi connectivity index (χ1v) is 11.1. The molecule has 0 radical (unpaired) electrons. The highest BCUT2D eigenvalue weighted by atomic mass is 32.2. The Morgan fingerprint density at radius 1 is 1.30 bits per heavy atom. The van der Waals surface area contributed by atoms with Gasteiger partial charge in [0.1, 0.15) is 5.60 Å². The third-order valence-electron chi connectivity index (χ3n) is 5.60. The van der Waals surface area contributed by atoms with Gasteiger partial charge >= 0.3 is 16.2 Å². The molecule has 8 nitrogen and oxygen atoms in total. The monoisotopic (exact) mass is 397 g/mol. The summed E-state index contributed by atoms with van der Waals surface area (Å²) in [5, 5.41) is 4.26. The average molecular weight is 397 g/mol. The number of fused-ring (bicyclic) bond motifs is 6. The third-order valence-corrected chi connectivity index (χ3v) is 7.23.